The smallest absolute Gasteiger partial charge is 0.408 e. The van der Waals surface area contributed by atoms with E-state index >= 15 is 0 Å². The molecule has 0 aliphatic rings. The van der Waals surface area contributed by atoms with E-state index < -0.39 is 23.6 Å². The number of benzene rings is 2. The molecule has 8 heteroatoms. The molecule has 0 spiro atoms. The van der Waals surface area contributed by atoms with Crippen molar-refractivity contribution in [2.75, 3.05) is 0 Å². The van der Waals surface area contributed by atoms with Crippen LogP contribution < -0.4 is 5.32 Å². The van der Waals surface area contributed by atoms with E-state index in [1.54, 1.807) is 39.8 Å². The molecule has 1 atom stereocenters. The van der Waals surface area contributed by atoms with Crippen LogP contribution in [0.15, 0.2) is 47.0 Å². The van der Waals surface area contributed by atoms with Crippen LogP contribution in [0, 0.1) is 12.7 Å². The van der Waals surface area contributed by atoms with Crippen LogP contribution in [0.25, 0.3) is 11.1 Å². The molecule has 0 fully saturated rings. The lowest BCUT2D eigenvalue weighted by atomic mass is 10.0. The highest BCUT2D eigenvalue weighted by molar-refractivity contribution is 6.31. The van der Waals surface area contributed by atoms with E-state index in [1.165, 1.54) is 6.07 Å². The molecule has 0 aliphatic heterocycles. The van der Waals surface area contributed by atoms with Crippen molar-refractivity contribution in [3.8, 4) is 11.1 Å². The zero-order chi connectivity index (χ0) is 21.9. The van der Waals surface area contributed by atoms with Crippen molar-refractivity contribution >= 4 is 17.7 Å². The number of hydrogen-bond acceptors (Lipinski definition) is 5. The van der Waals surface area contributed by atoms with Crippen LogP contribution in [0.5, 0.6) is 0 Å². The Morgan fingerprint density at radius 1 is 1.20 bits per heavy atom. The molecule has 1 N–H and O–H groups in total. The van der Waals surface area contributed by atoms with Crippen molar-refractivity contribution < 1.29 is 18.4 Å². The highest BCUT2D eigenvalue weighted by Crippen LogP contribution is 2.26. The van der Waals surface area contributed by atoms with Crippen molar-refractivity contribution in [3.05, 3.63) is 70.6 Å². The van der Waals surface area contributed by atoms with Gasteiger partial charge in [-0.05, 0) is 56.5 Å². The van der Waals surface area contributed by atoms with Crippen molar-refractivity contribution in [3.63, 3.8) is 0 Å². The number of halogens is 2. The molecule has 0 aliphatic carbocycles. The summed E-state index contributed by atoms with van der Waals surface area (Å²) in [7, 11) is 0. The third-order valence-electron chi connectivity index (χ3n) is 4.18. The highest BCUT2D eigenvalue weighted by atomic mass is 35.5. The van der Waals surface area contributed by atoms with Crippen molar-refractivity contribution in [1.82, 2.24) is 15.5 Å². The SMILES string of the molecule is Cc1noc([C@@H](Cc2ccc(-c3ccc(F)c(Cl)c3)cc2)NC(=O)OC(C)(C)C)n1. The number of alkyl carbamates (subject to hydrolysis) is 1. The van der Waals surface area contributed by atoms with E-state index in [0.717, 1.165) is 16.7 Å². The number of aromatic nitrogens is 2. The predicted octanol–water partition coefficient (Wildman–Crippen LogP) is 5.65. The molecule has 3 aromatic rings. The van der Waals surface area contributed by atoms with E-state index in [4.69, 9.17) is 20.9 Å². The molecule has 30 heavy (non-hydrogen) atoms. The Kier molecular flexibility index (Phi) is 6.41. The number of hydrogen-bond donors (Lipinski definition) is 1. The van der Waals surface area contributed by atoms with Crippen LogP contribution in [0.2, 0.25) is 5.02 Å². The summed E-state index contributed by atoms with van der Waals surface area (Å²) in [6.07, 6.45) is -0.147. The third kappa shape index (κ3) is 5.79. The fourth-order valence-corrected chi connectivity index (χ4v) is 3.03. The Morgan fingerprint density at radius 3 is 2.43 bits per heavy atom. The van der Waals surface area contributed by atoms with Gasteiger partial charge < -0.3 is 14.6 Å². The second-order valence-electron chi connectivity index (χ2n) is 7.91. The maximum absolute atomic E-state index is 13.4. The van der Waals surface area contributed by atoms with Crippen molar-refractivity contribution in [1.29, 1.82) is 0 Å². The molecule has 6 nitrogen and oxygen atoms in total. The minimum Gasteiger partial charge on any atom is -0.444 e. The van der Waals surface area contributed by atoms with Crippen LogP contribution >= 0.6 is 11.6 Å². The summed E-state index contributed by atoms with van der Waals surface area (Å²) in [5.41, 5.74) is 2.01. The lowest BCUT2D eigenvalue weighted by Gasteiger charge is -2.22. The number of nitrogens with one attached hydrogen (secondary N) is 1. The summed E-state index contributed by atoms with van der Waals surface area (Å²) in [5, 5.41) is 6.68. The third-order valence-corrected chi connectivity index (χ3v) is 4.47. The van der Waals surface area contributed by atoms with Crippen molar-refractivity contribution in [2.45, 2.75) is 45.8 Å². The number of nitrogens with zero attached hydrogens (tertiary/aromatic N) is 2. The topological polar surface area (TPSA) is 77.2 Å². The summed E-state index contributed by atoms with van der Waals surface area (Å²) in [6, 6.07) is 11.7. The van der Waals surface area contributed by atoms with E-state index in [2.05, 4.69) is 15.5 Å². The summed E-state index contributed by atoms with van der Waals surface area (Å²) < 4.78 is 24.0. The average molecular weight is 432 g/mol. The van der Waals surface area contributed by atoms with Crippen molar-refractivity contribution in [2.24, 2.45) is 0 Å². The van der Waals surface area contributed by atoms with E-state index in [-0.39, 0.29) is 5.02 Å². The molecule has 0 bridgehead atoms. The van der Waals surface area contributed by atoms with Gasteiger partial charge in [-0.25, -0.2) is 9.18 Å². The predicted molar refractivity (Wildman–Crippen MR) is 112 cm³/mol. The van der Waals surface area contributed by atoms with Gasteiger partial charge >= 0.3 is 6.09 Å². The van der Waals surface area contributed by atoms with Gasteiger partial charge in [0.25, 0.3) is 0 Å². The average Bonchev–Trinajstić information content (AvgIpc) is 3.09. The maximum Gasteiger partial charge on any atom is 0.408 e. The van der Waals surface area contributed by atoms with Gasteiger partial charge in [0.15, 0.2) is 5.82 Å². The molecule has 0 saturated carbocycles. The van der Waals surface area contributed by atoms with Gasteiger partial charge in [0.1, 0.15) is 17.5 Å². The summed E-state index contributed by atoms with van der Waals surface area (Å²) >= 11 is 5.88. The molecule has 0 saturated heterocycles. The fraction of sp³-hybridized carbons (Fsp3) is 0.318. The first kappa shape index (κ1) is 21.8. The van der Waals surface area contributed by atoms with Gasteiger partial charge in [-0.1, -0.05) is 47.1 Å². The number of aryl methyl sites for hydroxylation is 1. The summed E-state index contributed by atoms with van der Waals surface area (Å²) in [5.74, 6) is 0.320. The Hall–Kier alpha value is -2.93. The second kappa shape index (κ2) is 8.83. The highest BCUT2D eigenvalue weighted by Gasteiger charge is 2.24. The molecule has 3 rings (SSSR count). The first-order chi connectivity index (χ1) is 14.1. The van der Waals surface area contributed by atoms with Gasteiger partial charge in [-0.15, -0.1) is 0 Å². The van der Waals surface area contributed by atoms with Crippen LogP contribution in [-0.4, -0.2) is 21.8 Å². The van der Waals surface area contributed by atoms with Crippen LogP contribution in [0.3, 0.4) is 0 Å². The van der Waals surface area contributed by atoms with Gasteiger partial charge in [-0.2, -0.15) is 4.98 Å². The van der Waals surface area contributed by atoms with E-state index in [1.807, 2.05) is 24.3 Å². The van der Waals surface area contributed by atoms with Crippen LogP contribution in [0.4, 0.5) is 9.18 Å². The van der Waals surface area contributed by atoms with Crippen LogP contribution in [0.1, 0.15) is 44.1 Å². The molecule has 158 valence electrons. The summed E-state index contributed by atoms with van der Waals surface area (Å²) in [6.45, 7) is 7.08. The van der Waals surface area contributed by atoms with E-state index in [0.29, 0.717) is 18.1 Å². The standard InChI is InChI=1S/C22H23ClFN3O3/c1-13-25-20(30-27-13)19(26-21(28)29-22(2,3)4)11-14-5-7-15(8-6-14)16-9-10-18(24)17(23)12-16/h5-10,12,19H,11H2,1-4H3,(H,26,28)/t19-/m1/s1. The first-order valence-corrected chi connectivity index (χ1v) is 9.82. The minimum atomic E-state index is -0.628. The van der Waals surface area contributed by atoms with Gasteiger partial charge in [0.2, 0.25) is 5.89 Å². The molecule has 1 aromatic heterocycles. The zero-order valence-corrected chi connectivity index (χ0v) is 18.0. The molecule has 1 amide bonds. The Bertz CT molecular complexity index is 1030. The molecular formula is C22H23ClFN3O3. The molecule has 0 unspecified atom stereocenters. The molecule has 1 heterocycles. The molecular weight excluding hydrogens is 409 g/mol. The first-order valence-electron chi connectivity index (χ1n) is 9.45. The fourth-order valence-electron chi connectivity index (χ4n) is 2.85. The Labute approximate surface area is 179 Å². The van der Waals surface area contributed by atoms with E-state index in [9.17, 15) is 9.18 Å². The Balaban J connectivity index is 1.78. The monoisotopic (exact) mass is 431 g/mol. The Morgan fingerprint density at radius 2 is 1.87 bits per heavy atom. The number of rotatable bonds is 5. The maximum atomic E-state index is 13.4. The minimum absolute atomic E-state index is 0.0740. The summed E-state index contributed by atoms with van der Waals surface area (Å²) in [4.78, 5) is 16.5. The van der Waals surface area contributed by atoms with Gasteiger partial charge in [0.05, 0.1) is 5.02 Å². The van der Waals surface area contributed by atoms with Gasteiger partial charge in [-0.3, -0.25) is 0 Å². The number of ether oxygens (including phenoxy) is 1. The second-order valence-corrected chi connectivity index (χ2v) is 8.32. The molecule has 2 aromatic carbocycles. The largest absolute Gasteiger partial charge is 0.444 e. The quantitative estimate of drug-likeness (QED) is 0.565. The number of amides is 1. The van der Waals surface area contributed by atoms with Crippen LogP contribution in [-0.2, 0) is 11.2 Å². The van der Waals surface area contributed by atoms with Gasteiger partial charge in [0, 0.05) is 6.42 Å². The lowest BCUT2D eigenvalue weighted by molar-refractivity contribution is 0.0493. The zero-order valence-electron chi connectivity index (χ0n) is 17.2. The lowest BCUT2D eigenvalue weighted by Crippen LogP contribution is -2.36. The normalized spacial score (nSPS) is 12.5. The molecule has 0 radical (unpaired) electrons. The number of carbonyl (C=O) groups is 1. The number of carbonyl (C=O) groups excluding carboxylic acids is 1.